The SMILES string of the molecule is O=S(CC1CCNCC1)c1nc2ccccc2s1. The first-order valence-electron chi connectivity index (χ1n) is 6.27. The van der Waals surface area contributed by atoms with Crippen molar-refractivity contribution in [1.29, 1.82) is 0 Å². The average Bonchev–Trinajstić information content (AvgIpc) is 2.84. The first-order chi connectivity index (χ1) is 8.83. The molecule has 1 fully saturated rings. The normalized spacial score (nSPS) is 19.1. The molecule has 0 saturated carbocycles. The Morgan fingerprint density at radius 2 is 2.11 bits per heavy atom. The molecule has 18 heavy (non-hydrogen) atoms. The minimum Gasteiger partial charge on any atom is -0.317 e. The van der Waals surface area contributed by atoms with Gasteiger partial charge in [-0.15, -0.1) is 11.3 Å². The molecule has 1 aromatic heterocycles. The smallest absolute Gasteiger partial charge is 0.181 e. The Labute approximate surface area is 113 Å². The van der Waals surface area contributed by atoms with Crippen molar-refractivity contribution in [1.82, 2.24) is 10.3 Å². The molecule has 1 aromatic carbocycles. The summed E-state index contributed by atoms with van der Waals surface area (Å²) >= 11 is 1.57. The van der Waals surface area contributed by atoms with Crippen LogP contribution in [0.4, 0.5) is 0 Å². The fraction of sp³-hybridized carbons (Fsp3) is 0.462. The Kier molecular flexibility index (Phi) is 3.72. The molecule has 1 unspecified atom stereocenters. The van der Waals surface area contributed by atoms with E-state index in [-0.39, 0.29) is 0 Å². The quantitative estimate of drug-likeness (QED) is 0.939. The Balaban J connectivity index is 1.74. The van der Waals surface area contributed by atoms with Gasteiger partial charge in [0.15, 0.2) is 4.34 Å². The summed E-state index contributed by atoms with van der Waals surface area (Å²) in [5.74, 6) is 1.35. The monoisotopic (exact) mass is 280 g/mol. The van der Waals surface area contributed by atoms with E-state index in [1.54, 1.807) is 11.3 Å². The van der Waals surface area contributed by atoms with E-state index in [9.17, 15) is 4.21 Å². The summed E-state index contributed by atoms with van der Waals surface area (Å²) in [6.45, 7) is 2.11. The van der Waals surface area contributed by atoms with Crippen LogP contribution in [0.2, 0.25) is 0 Å². The lowest BCUT2D eigenvalue weighted by atomic mass is 10.0. The zero-order chi connectivity index (χ0) is 12.4. The average molecular weight is 280 g/mol. The zero-order valence-electron chi connectivity index (χ0n) is 10.1. The van der Waals surface area contributed by atoms with Gasteiger partial charge in [0, 0.05) is 5.75 Å². The summed E-state index contributed by atoms with van der Waals surface area (Å²) < 4.78 is 14.2. The van der Waals surface area contributed by atoms with Crippen LogP contribution in [0.1, 0.15) is 12.8 Å². The minimum absolute atomic E-state index is 0.582. The lowest BCUT2D eigenvalue weighted by Gasteiger charge is -2.21. The van der Waals surface area contributed by atoms with E-state index in [1.807, 2.05) is 24.3 Å². The predicted molar refractivity (Wildman–Crippen MR) is 76.5 cm³/mol. The van der Waals surface area contributed by atoms with Crippen LogP contribution in [0, 0.1) is 5.92 Å². The lowest BCUT2D eigenvalue weighted by molar-refractivity contribution is 0.405. The number of para-hydroxylation sites is 1. The summed E-state index contributed by atoms with van der Waals surface area (Å²) in [6, 6.07) is 8.00. The largest absolute Gasteiger partial charge is 0.317 e. The van der Waals surface area contributed by atoms with Gasteiger partial charge in [-0.25, -0.2) is 4.98 Å². The highest BCUT2D eigenvalue weighted by Gasteiger charge is 2.19. The number of nitrogens with one attached hydrogen (secondary N) is 1. The number of hydrogen-bond donors (Lipinski definition) is 1. The van der Waals surface area contributed by atoms with Crippen molar-refractivity contribution in [2.24, 2.45) is 5.92 Å². The molecule has 3 nitrogen and oxygen atoms in total. The van der Waals surface area contributed by atoms with E-state index < -0.39 is 10.8 Å². The standard InChI is InChI=1S/C13H16N2OS2/c16-18(9-10-5-7-14-8-6-10)13-15-11-3-1-2-4-12(11)17-13/h1-4,10,14H,5-9H2. The van der Waals surface area contributed by atoms with Crippen molar-refractivity contribution in [2.45, 2.75) is 17.2 Å². The maximum Gasteiger partial charge on any atom is 0.181 e. The number of hydrogen-bond acceptors (Lipinski definition) is 4. The first kappa shape index (κ1) is 12.3. The van der Waals surface area contributed by atoms with Crippen LogP contribution < -0.4 is 5.32 Å². The van der Waals surface area contributed by atoms with Crippen molar-refractivity contribution in [3.8, 4) is 0 Å². The molecule has 0 amide bonds. The number of thiazole rings is 1. The fourth-order valence-electron chi connectivity index (χ4n) is 2.28. The second-order valence-electron chi connectivity index (χ2n) is 4.65. The molecule has 2 heterocycles. The van der Waals surface area contributed by atoms with Crippen LogP contribution in [0.3, 0.4) is 0 Å². The van der Waals surface area contributed by atoms with E-state index in [0.717, 1.165) is 46.2 Å². The van der Waals surface area contributed by atoms with E-state index in [2.05, 4.69) is 10.3 Å². The van der Waals surface area contributed by atoms with Gasteiger partial charge in [-0.05, 0) is 44.0 Å². The third-order valence-corrected chi connectivity index (χ3v) is 6.21. The third-order valence-electron chi connectivity index (χ3n) is 3.31. The van der Waals surface area contributed by atoms with Crippen LogP contribution in [0.5, 0.6) is 0 Å². The first-order valence-corrected chi connectivity index (χ1v) is 8.41. The molecule has 3 rings (SSSR count). The van der Waals surface area contributed by atoms with Crippen molar-refractivity contribution in [3.63, 3.8) is 0 Å². The molecule has 0 aliphatic carbocycles. The van der Waals surface area contributed by atoms with Crippen molar-refractivity contribution < 1.29 is 4.21 Å². The van der Waals surface area contributed by atoms with Crippen LogP contribution in [0.15, 0.2) is 28.6 Å². The van der Waals surface area contributed by atoms with E-state index in [0.29, 0.717) is 5.92 Å². The number of piperidine rings is 1. The van der Waals surface area contributed by atoms with Crippen molar-refractivity contribution in [3.05, 3.63) is 24.3 Å². The molecular formula is C13H16N2OS2. The number of benzene rings is 1. The van der Waals surface area contributed by atoms with E-state index in [4.69, 9.17) is 0 Å². The molecule has 0 radical (unpaired) electrons. The molecule has 0 spiro atoms. The Morgan fingerprint density at radius 1 is 1.33 bits per heavy atom. The number of aromatic nitrogens is 1. The second kappa shape index (κ2) is 5.47. The summed E-state index contributed by atoms with van der Waals surface area (Å²) in [7, 11) is -0.934. The van der Waals surface area contributed by atoms with Gasteiger partial charge in [0.05, 0.1) is 21.0 Å². The van der Waals surface area contributed by atoms with Gasteiger partial charge < -0.3 is 5.32 Å². The van der Waals surface area contributed by atoms with Crippen molar-refractivity contribution >= 4 is 32.4 Å². The highest BCUT2D eigenvalue weighted by molar-refractivity contribution is 7.87. The molecule has 1 aliphatic rings. The van der Waals surface area contributed by atoms with Gasteiger partial charge in [0.2, 0.25) is 0 Å². The molecule has 96 valence electrons. The van der Waals surface area contributed by atoms with Crippen LogP contribution >= 0.6 is 11.3 Å². The summed E-state index contributed by atoms with van der Waals surface area (Å²) in [6.07, 6.45) is 2.27. The minimum atomic E-state index is -0.934. The predicted octanol–water partition coefficient (Wildman–Crippen LogP) is 2.40. The molecule has 0 bridgehead atoms. The van der Waals surface area contributed by atoms with Gasteiger partial charge in [-0.2, -0.15) is 0 Å². The second-order valence-corrected chi connectivity index (χ2v) is 7.35. The maximum atomic E-state index is 12.3. The fourth-order valence-corrected chi connectivity index (χ4v) is 4.93. The van der Waals surface area contributed by atoms with Crippen molar-refractivity contribution in [2.75, 3.05) is 18.8 Å². The molecule has 1 aliphatic heterocycles. The van der Waals surface area contributed by atoms with Crippen LogP contribution in [-0.4, -0.2) is 28.0 Å². The lowest BCUT2D eigenvalue weighted by Crippen LogP contribution is -2.30. The molecule has 5 heteroatoms. The van der Waals surface area contributed by atoms with Gasteiger partial charge in [-0.1, -0.05) is 12.1 Å². The molecule has 1 saturated heterocycles. The summed E-state index contributed by atoms with van der Waals surface area (Å²) in [5.41, 5.74) is 0.969. The molecular weight excluding hydrogens is 264 g/mol. The maximum absolute atomic E-state index is 12.3. The Hall–Kier alpha value is -0.780. The van der Waals surface area contributed by atoms with Gasteiger partial charge in [0.1, 0.15) is 0 Å². The van der Waals surface area contributed by atoms with Crippen LogP contribution in [-0.2, 0) is 10.8 Å². The Morgan fingerprint density at radius 3 is 2.89 bits per heavy atom. The van der Waals surface area contributed by atoms with E-state index >= 15 is 0 Å². The molecule has 1 atom stereocenters. The highest BCUT2D eigenvalue weighted by Crippen LogP contribution is 2.25. The van der Waals surface area contributed by atoms with Gasteiger partial charge in [0.25, 0.3) is 0 Å². The number of fused-ring (bicyclic) bond motifs is 1. The zero-order valence-corrected chi connectivity index (χ0v) is 11.7. The van der Waals surface area contributed by atoms with Crippen LogP contribution in [0.25, 0.3) is 10.2 Å². The molecule has 2 aromatic rings. The summed E-state index contributed by atoms with van der Waals surface area (Å²) in [5, 5.41) is 3.34. The van der Waals surface area contributed by atoms with Gasteiger partial charge in [-0.3, -0.25) is 4.21 Å². The number of rotatable bonds is 3. The topological polar surface area (TPSA) is 42.0 Å². The summed E-state index contributed by atoms with van der Waals surface area (Å²) in [4.78, 5) is 4.48. The Bertz CT molecular complexity index is 528. The van der Waals surface area contributed by atoms with Gasteiger partial charge >= 0.3 is 0 Å². The third kappa shape index (κ3) is 2.63. The number of nitrogens with zero attached hydrogens (tertiary/aromatic N) is 1. The molecule has 1 N–H and O–H groups in total. The van der Waals surface area contributed by atoms with E-state index in [1.165, 1.54) is 0 Å². The highest BCUT2D eigenvalue weighted by atomic mass is 32.2.